The highest BCUT2D eigenvalue weighted by atomic mass is 16.3. The van der Waals surface area contributed by atoms with Crippen LogP contribution in [0.2, 0.25) is 0 Å². The van der Waals surface area contributed by atoms with Crippen LogP contribution in [0.15, 0.2) is 89.3 Å². The molecule has 0 amide bonds. The summed E-state index contributed by atoms with van der Waals surface area (Å²) < 4.78 is 7.28. The molecule has 0 spiro atoms. The van der Waals surface area contributed by atoms with Gasteiger partial charge in [0.2, 0.25) is 0 Å². The zero-order valence-corrected chi connectivity index (χ0v) is 35.4. The molecule has 0 saturated carbocycles. The van der Waals surface area contributed by atoms with E-state index < -0.39 is 0 Å². The summed E-state index contributed by atoms with van der Waals surface area (Å²) in [7, 11) is 0. The van der Waals surface area contributed by atoms with Crippen molar-refractivity contribution < 1.29 is 4.42 Å². The van der Waals surface area contributed by atoms with Gasteiger partial charge in [0.25, 0.3) is 6.71 Å². The molecule has 55 heavy (non-hydrogen) atoms. The van der Waals surface area contributed by atoms with Gasteiger partial charge in [-0.2, -0.15) is 0 Å². The molecule has 4 heteroatoms. The molecule has 5 aromatic carbocycles. The molecule has 0 unspecified atom stereocenters. The molecule has 2 aliphatic heterocycles. The Labute approximate surface area is 329 Å². The summed E-state index contributed by atoms with van der Waals surface area (Å²) in [4.78, 5) is 5.12. The smallest absolute Gasteiger partial charge is 0.297 e. The van der Waals surface area contributed by atoms with Crippen LogP contribution in [-0.4, -0.2) is 6.71 Å². The fraction of sp³-hybridized carbons (Fsp3) is 0.373. The Morgan fingerprint density at radius 2 is 1.18 bits per heavy atom. The van der Waals surface area contributed by atoms with E-state index in [2.05, 4.69) is 185 Å². The van der Waals surface area contributed by atoms with E-state index in [0.717, 1.165) is 16.9 Å². The highest BCUT2D eigenvalue weighted by Gasteiger charge is 2.49. The Bertz CT molecular complexity index is 2550. The van der Waals surface area contributed by atoms with Gasteiger partial charge in [-0.05, 0) is 148 Å². The zero-order valence-electron chi connectivity index (χ0n) is 35.4. The normalized spacial score (nSPS) is 16.9. The standard InChI is InChI=1S/C51H57BN2O/c1-30-14-20-40(32(3)24-30)54-41-29-38-37(50(10,11)22-23-51(38,12)13)28-39(41)52-45-42(25-31(2)26-43(45)54)53(35-18-15-33(16-19-35)48(4,5)6)46-36-27-34(49(7,8)9)17-21-44(36)55-47(46)52/h14-21,24-29H,22-23H2,1-13H3. The number of anilines is 6. The number of benzene rings is 5. The second kappa shape index (κ2) is 11.7. The minimum atomic E-state index is -0.0701. The summed E-state index contributed by atoms with van der Waals surface area (Å²) in [6, 6.07) is 33.1. The molecule has 0 fully saturated rings. The first-order valence-electron chi connectivity index (χ1n) is 20.4. The Kier molecular flexibility index (Phi) is 7.63. The summed E-state index contributed by atoms with van der Waals surface area (Å²) >= 11 is 0. The van der Waals surface area contributed by atoms with Crippen LogP contribution in [-0.2, 0) is 21.7 Å². The Morgan fingerprint density at radius 1 is 0.582 bits per heavy atom. The molecule has 6 aromatic rings. The van der Waals surface area contributed by atoms with Gasteiger partial charge in [-0.1, -0.05) is 111 Å². The van der Waals surface area contributed by atoms with E-state index in [1.807, 2.05) is 0 Å². The largest absolute Gasteiger partial charge is 0.468 e. The van der Waals surface area contributed by atoms with Gasteiger partial charge >= 0.3 is 0 Å². The molecule has 0 saturated heterocycles. The van der Waals surface area contributed by atoms with Gasteiger partial charge in [0, 0.05) is 33.8 Å². The van der Waals surface area contributed by atoms with E-state index in [1.165, 1.54) is 96.5 Å². The summed E-state index contributed by atoms with van der Waals surface area (Å²) in [6.45, 7) is 30.3. The average Bonchev–Trinajstić information content (AvgIpc) is 3.48. The van der Waals surface area contributed by atoms with E-state index in [1.54, 1.807) is 0 Å². The van der Waals surface area contributed by atoms with E-state index in [4.69, 9.17) is 4.42 Å². The lowest BCUT2D eigenvalue weighted by molar-refractivity contribution is 0.332. The number of hydrogen-bond acceptors (Lipinski definition) is 3. The number of hydrogen-bond donors (Lipinski definition) is 0. The fourth-order valence-electron chi connectivity index (χ4n) is 9.84. The van der Waals surface area contributed by atoms with E-state index in [-0.39, 0.29) is 28.4 Å². The first-order chi connectivity index (χ1) is 25.7. The van der Waals surface area contributed by atoms with Crippen molar-refractivity contribution in [3.8, 4) is 0 Å². The van der Waals surface area contributed by atoms with Gasteiger partial charge in [-0.25, -0.2) is 0 Å². The van der Waals surface area contributed by atoms with Gasteiger partial charge in [-0.15, -0.1) is 0 Å². The van der Waals surface area contributed by atoms with Crippen LogP contribution in [0.1, 0.15) is 121 Å². The molecule has 0 bridgehead atoms. The summed E-state index contributed by atoms with van der Waals surface area (Å²) in [5.41, 5.74) is 21.5. The molecule has 9 rings (SSSR count). The Morgan fingerprint density at radius 3 is 1.80 bits per heavy atom. The van der Waals surface area contributed by atoms with Crippen LogP contribution >= 0.6 is 0 Å². The molecule has 3 aliphatic rings. The van der Waals surface area contributed by atoms with Crippen LogP contribution in [0, 0.1) is 20.8 Å². The quantitative estimate of drug-likeness (QED) is 0.166. The maximum absolute atomic E-state index is 7.28. The molecule has 1 aromatic heterocycles. The number of nitrogens with zero attached hydrogens (tertiary/aromatic N) is 2. The van der Waals surface area contributed by atoms with Crippen molar-refractivity contribution in [2.75, 3.05) is 9.80 Å². The molecule has 0 radical (unpaired) electrons. The lowest BCUT2D eigenvalue weighted by Gasteiger charge is -2.46. The van der Waals surface area contributed by atoms with E-state index in [0.29, 0.717) is 0 Å². The van der Waals surface area contributed by atoms with Crippen molar-refractivity contribution in [1.82, 2.24) is 0 Å². The van der Waals surface area contributed by atoms with E-state index >= 15 is 0 Å². The van der Waals surface area contributed by atoms with E-state index in [9.17, 15) is 0 Å². The lowest BCUT2D eigenvalue weighted by Crippen LogP contribution is -2.61. The Balaban J connectivity index is 1.43. The van der Waals surface area contributed by atoms with Crippen molar-refractivity contribution >= 4 is 68.4 Å². The molecule has 0 atom stereocenters. The predicted molar refractivity (Wildman–Crippen MR) is 237 cm³/mol. The number of aryl methyl sites for hydroxylation is 3. The first-order valence-corrected chi connectivity index (χ1v) is 20.4. The van der Waals surface area contributed by atoms with Crippen molar-refractivity contribution in [2.45, 2.75) is 125 Å². The second-order valence-electron chi connectivity index (χ2n) is 20.4. The Hall–Kier alpha value is -4.70. The van der Waals surface area contributed by atoms with Crippen LogP contribution in [0.5, 0.6) is 0 Å². The van der Waals surface area contributed by atoms with Crippen LogP contribution < -0.4 is 26.4 Å². The fourth-order valence-corrected chi connectivity index (χ4v) is 9.84. The summed E-state index contributed by atoms with van der Waals surface area (Å²) in [6.07, 6.45) is 2.34. The van der Waals surface area contributed by atoms with Gasteiger partial charge in [0.1, 0.15) is 5.58 Å². The predicted octanol–water partition coefficient (Wildman–Crippen LogP) is 12.4. The monoisotopic (exact) mass is 724 g/mol. The maximum atomic E-state index is 7.28. The molecular weight excluding hydrogens is 667 g/mol. The van der Waals surface area contributed by atoms with Crippen LogP contribution in [0.3, 0.4) is 0 Å². The van der Waals surface area contributed by atoms with Crippen molar-refractivity contribution in [1.29, 1.82) is 0 Å². The lowest BCUT2D eigenvalue weighted by atomic mass is 9.35. The minimum Gasteiger partial charge on any atom is -0.468 e. The topological polar surface area (TPSA) is 19.6 Å². The number of fused-ring (bicyclic) bond motifs is 7. The first kappa shape index (κ1) is 36.0. The third-order valence-electron chi connectivity index (χ3n) is 13.2. The molecule has 3 nitrogen and oxygen atoms in total. The zero-order chi connectivity index (χ0) is 39.1. The van der Waals surface area contributed by atoms with Crippen molar-refractivity contribution in [2.24, 2.45) is 0 Å². The third kappa shape index (κ3) is 5.45. The maximum Gasteiger partial charge on any atom is 0.297 e. The van der Waals surface area contributed by atoms with Crippen LogP contribution in [0.4, 0.5) is 34.1 Å². The van der Waals surface area contributed by atoms with Gasteiger partial charge in [-0.3, -0.25) is 0 Å². The molecule has 3 heterocycles. The number of furan rings is 1. The third-order valence-corrected chi connectivity index (χ3v) is 13.2. The summed E-state index contributed by atoms with van der Waals surface area (Å²) in [5, 5.41) is 1.17. The molecule has 0 N–H and O–H groups in total. The second-order valence-corrected chi connectivity index (χ2v) is 20.4. The van der Waals surface area contributed by atoms with Gasteiger partial charge < -0.3 is 14.2 Å². The minimum absolute atomic E-state index is 0.00481. The molecule has 280 valence electrons. The summed E-state index contributed by atoms with van der Waals surface area (Å²) in [5.74, 6) is 0. The van der Waals surface area contributed by atoms with Crippen molar-refractivity contribution in [3.05, 3.63) is 124 Å². The highest BCUT2D eigenvalue weighted by Crippen LogP contribution is 2.52. The van der Waals surface area contributed by atoms with Crippen LogP contribution in [0.25, 0.3) is 11.0 Å². The van der Waals surface area contributed by atoms with Crippen molar-refractivity contribution in [3.63, 3.8) is 0 Å². The van der Waals surface area contributed by atoms with Gasteiger partial charge in [0.15, 0.2) is 0 Å². The average molecular weight is 725 g/mol. The molecule has 1 aliphatic carbocycles. The highest BCUT2D eigenvalue weighted by molar-refractivity contribution is 7.00. The number of rotatable bonds is 2. The molecular formula is C51H57BN2O. The van der Waals surface area contributed by atoms with Gasteiger partial charge in [0.05, 0.1) is 11.3 Å². The SMILES string of the molecule is Cc1ccc(N2c3cc4c(cc3B3c5oc6ccc(C(C)(C)C)cc6c5N(c5ccc(C(C)(C)C)cc5)c5cc(C)cc2c53)C(C)(C)CCC4(C)C)c(C)c1.